The van der Waals surface area contributed by atoms with Crippen LogP contribution in [0.15, 0.2) is 23.1 Å². The van der Waals surface area contributed by atoms with E-state index in [0.717, 1.165) is 41.8 Å². The van der Waals surface area contributed by atoms with E-state index in [2.05, 4.69) is 10.6 Å². The van der Waals surface area contributed by atoms with Gasteiger partial charge in [0.25, 0.3) is 0 Å². The van der Waals surface area contributed by atoms with Gasteiger partial charge in [0.15, 0.2) is 0 Å². The number of hydrogen-bond donors (Lipinski definition) is 3. The van der Waals surface area contributed by atoms with Crippen molar-refractivity contribution in [2.45, 2.75) is 43.5 Å². The number of benzene rings is 1. The smallest absolute Gasteiger partial charge is 0.321 e. The molecular weight excluding hydrogens is 286 g/mol. The Bertz CT molecular complexity index is 528. The van der Waals surface area contributed by atoms with E-state index in [-0.39, 0.29) is 23.7 Å². The molecule has 1 saturated carbocycles. The van der Waals surface area contributed by atoms with Crippen LogP contribution in [0, 0.1) is 6.92 Å². The molecule has 1 aromatic carbocycles. The maximum Gasteiger partial charge on any atom is 0.321 e. The van der Waals surface area contributed by atoms with Crippen molar-refractivity contribution in [1.29, 1.82) is 0 Å². The van der Waals surface area contributed by atoms with Crippen LogP contribution in [0.2, 0.25) is 0 Å². The lowest BCUT2D eigenvalue weighted by atomic mass is 10.2. The number of hydrogen-bond acceptors (Lipinski definition) is 4. The number of aryl methyl sites for hydroxylation is 1. The quantitative estimate of drug-likeness (QED) is 0.589. The normalized spacial score (nSPS) is 14.9. The Morgan fingerprint density at radius 3 is 2.71 bits per heavy atom. The third-order valence-electron chi connectivity index (χ3n) is 3.55. The number of thioether (sulfide) groups is 1. The number of amides is 3. The standard InChI is InChI=1S/C15H21N3O2S/c1-10-8-12(6-7-13(10)16)21-9-14(19)18-15(20)17-11-4-2-3-5-11/h6-8,11H,2-5,9,16H2,1H3,(H2,17,18,19,20). The van der Waals surface area contributed by atoms with Gasteiger partial charge >= 0.3 is 6.03 Å². The molecule has 3 amide bonds. The van der Waals surface area contributed by atoms with Crippen molar-refractivity contribution in [3.05, 3.63) is 23.8 Å². The highest BCUT2D eigenvalue weighted by atomic mass is 32.2. The van der Waals surface area contributed by atoms with Crippen LogP contribution in [-0.4, -0.2) is 23.7 Å². The number of nitrogens with one attached hydrogen (secondary N) is 2. The zero-order chi connectivity index (χ0) is 15.2. The van der Waals surface area contributed by atoms with E-state index in [4.69, 9.17) is 5.73 Å². The van der Waals surface area contributed by atoms with Crippen molar-refractivity contribution >= 4 is 29.4 Å². The zero-order valence-electron chi connectivity index (χ0n) is 12.1. The fourth-order valence-electron chi connectivity index (χ4n) is 2.34. The van der Waals surface area contributed by atoms with Gasteiger partial charge in [-0.1, -0.05) is 12.8 Å². The van der Waals surface area contributed by atoms with Gasteiger partial charge in [0.2, 0.25) is 5.91 Å². The van der Waals surface area contributed by atoms with Crippen molar-refractivity contribution < 1.29 is 9.59 Å². The minimum Gasteiger partial charge on any atom is -0.399 e. The number of imide groups is 1. The van der Waals surface area contributed by atoms with Gasteiger partial charge in [-0.3, -0.25) is 10.1 Å². The maximum atomic E-state index is 11.7. The first-order chi connectivity index (χ1) is 10.0. The van der Waals surface area contributed by atoms with Crippen LogP contribution < -0.4 is 16.4 Å². The van der Waals surface area contributed by atoms with E-state index < -0.39 is 0 Å². The third kappa shape index (κ3) is 4.97. The summed E-state index contributed by atoms with van der Waals surface area (Å²) in [6.07, 6.45) is 4.29. The average molecular weight is 307 g/mol. The summed E-state index contributed by atoms with van der Waals surface area (Å²) in [6, 6.07) is 5.46. The fraction of sp³-hybridized carbons (Fsp3) is 0.467. The third-order valence-corrected chi connectivity index (χ3v) is 4.55. The predicted octanol–water partition coefficient (Wildman–Crippen LogP) is 2.44. The Balaban J connectivity index is 1.73. The average Bonchev–Trinajstić information content (AvgIpc) is 2.92. The first kappa shape index (κ1) is 15.7. The van der Waals surface area contributed by atoms with Gasteiger partial charge in [-0.25, -0.2) is 4.79 Å². The van der Waals surface area contributed by atoms with Crippen molar-refractivity contribution in [3.63, 3.8) is 0 Å². The molecule has 0 bridgehead atoms. The molecule has 2 rings (SSSR count). The molecule has 0 heterocycles. The molecule has 21 heavy (non-hydrogen) atoms. The number of nitrogen functional groups attached to an aromatic ring is 1. The fourth-order valence-corrected chi connectivity index (χ4v) is 3.14. The van der Waals surface area contributed by atoms with Crippen LogP contribution in [0.3, 0.4) is 0 Å². The highest BCUT2D eigenvalue weighted by Gasteiger charge is 2.18. The number of rotatable bonds is 4. The van der Waals surface area contributed by atoms with E-state index in [1.165, 1.54) is 11.8 Å². The molecule has 0 aromatic heterocycles. The second-order valence-corrected chi connectivity index (χ2v) is 6.36. The van der Waals surface area contributed by atoms with Gasteiger partial charge < -0.3 is 11.1 Å². The summed E-state index contributed by atoms with van der Waals surface area (Å²) in [5, 5.41) is 5.20. The second-order valence-electron chi connectivity index (χ2n) is 5.31. The first-order valence-corrected chi connectivity index (χ1v) is 8.12. The van der Waals surface area contributed by atoms with E-state index in [1.54, 1.807) is 0 Å². The molecule has 0 saturated heterocycles. The molecule has 0 radical (unpaired) electrons. The monoisotopic (exact) mass is 307 g/mol. The summed E-state index contributed by atoms with van der Waals surface area (Å²) in [6.45, 7) is 1.93. The summed E-state index contributed by atoms with van der Waals surface area (Å²) in [5.41, 5.74) is 7.47. The minimum absolute atomic E-state index is 0.210. The molecule has 0 atom stereocenters. The molecule has 0 spiro atoms. The van der Waals surface area contributed by atoms with Gasteiger partial charge in [0, 0.05) is 16.6 Å². The Hall–Kier alpha value is -1.69. The summed E-state index contributed by atoms with van der Waals surface area (Å²) in [7, 11) is 0. The molecule has 1 fully saturated rings. The van der Waals surface area contributed by atoms with Gasteiger partial charge in [-0.2, -0.15) is 0 Å². The summed E-state index contributed by atoms with van der Waals surface area (Å²) >= 11 is 1.39. The van der Waals surface area contributed by atoms with Crippen LogP contribution in [0.25, 0.3) is 0 Å². The highest BCUT2D eigenvalue weighted by molar-refractivity contribution is 8.00. The van der Waals surface area contributed by atoms with Gasteiger partial charge in [0.1, 0.15) is 0 Å². The van der Waals surface area contributed by atoms with E-state index in [9.17, 15) is 9.59 Å². The number of carbonyl (C=O) groups is 2. The Morgan fingerprint density at radius 2 is 2.05 bits per heavy atom. The minimum atomic E-state index is -0.388. The van der Waals surface area contributed by atoms with Gasteiger partial charge in [-0.05, 0) is 43.5 Å². The Kier molecular flexibility index (Phi) is 5.50. The summed E-state index contributed by atoms with van der Waals surface area (Å²) in [5.74, 6) is -0.0773. The van der Waals surface area contributed by atoms with Gasteiger partial charge in [0.05, 0.1) is 5.75 Å². The van der Waals surface area contributed by atoms with Crippen LogP contribution in [0.1, 0.15) is 31.2 Å². The number of urea groups is 1. The second kappa shape index (κ2) is 7.36. The largest absolute Gasteiger partial charge is 0.399 e. The van der Waals surface area contributed by atoms with Crippen LogP contribution in [0.5, 0.6) is 0 Å². The molecule has 0 unspecified atom stereocenters. The van der Waals surface area contributed by atoms with Crippen molar-refractivity contribution in [1.82, 2.24) is 10.6 Å². The first-order valence-electron chi connectivity index (χ1n) is 7.14. The van der Waals surface area contributed by atoms with Crippen molar-refractivity contribution in [2.24, 2.45) is 0 Å². The SMILES string of the molecule is Cc1cc(SCC(=O)NC(=O)NC2CCCC2)ccc1N. The molecule has 1 aliphatic rings. The lowest BCUT2D eigenvalue weighted by Gasteiger charge is -2.12. The molecule has 5 nitrogen and oxygen atoms in total. The molecule has 1 aromatic rings. The topological polar surface area (TPSA) is 84.2 Å². The number of anilines is 1. The lowest BCUT2D eigenvalue weighted by molar-refractivity contribution is -0.117. The van der Waals surface area contributed by atoms with E-state index in [0.29, 0.717) is 0 Å². The summed E-state index contributed by atoms with van der Waals surface area (Å²) in [4.78, 5) is 24.4. The van der Waals surface area contributed by atoms with Crippen molar-refractivity contribution in [3.8, 4) is 0 Å². The number of carbonyl (C=O) groups excluding carboxylic acids is 2. The predicted molar refractivity (Wildman–Crippen MR) is 85.2 cm³/mol. The number of nitrogens with two attached hydrogens (primary N) is 1. The van der Waals surface area contributed by atoms with Gasteiger partial charge in [-0.15, -0.1) is 11.8 Å². The maximum absolute atomic E-state index is 11.7. The summed E-state index contributed by atoms with van der Waals surface area (Å²) < 4.78 is 0. The van der Waals surface area contributed by atoms with Crippen LogP contribution >= 0.6 is 11.8 Å². The Labute approximate surface area is 129 Å². The van der Waals surface area contributed by atoms with Crippen LogP contribution in [-0.2, 0) is 4.79 Å². The van der Waals surface area contributed by atoms with Crippen molar-refractivity contribution in [2.75, 3.05) is 11.5 Å². The molecule has 6 heteroatoms. The Morgan fingerprint density at radius 1 is 1.33 bits per heavy atom. The highest BCUT2D eigenvalue weighted by Crippen LogP contribution is 2.22. The van der Waals surface area contributed by atoms with E-state index >= 15 is 0 Å². The molecule has 4 N–H and O–H groups in total. The lowest BCUT2D eigenvalue weighted by Crippen LogP contribution is -2.44. The molecule has 0 aliphatic heterocycles. The van der Waals surface area contributed by atoms with E-state index in [1.807, 2.05) is 25.1 Å². The molecular formula is C15H21N3O2S. The zero-order valence-corrected chi connectivity index (χ0v) is 13.0. The molecule has 114 valence electrons. The van der Waals surface area contributed by atoms with Crippen LogP contribution in [0.4, 0.5) is 10.5 Å². The molecule has 1 aliphatic carbocycles.